The summed E-state index contributed by atoms with van der Waals surface area (Å²) in [7, 11) is 0. The molecule has 1 aliphatic rings. The van der Waals surface area contributed by atoms with Crippen molar-refractivity contribution in [3.05, 3.63) is 83.4 Å². The van der Waals surface area contributed by atoms with Gasteiger partial charge in [0.05, 0.1) is 22.0 Å². The monoisotopic (exact) mass is 438 g/mol. The number of carboxylic acids is 1. The van der Waals surface area contributed by atoms with Crippen molar-refractivity contribution in [2.75, 3.05) is 0 Å². The van der Waals surface area contributed by atoms with Crippen LogP contribution in [0.2, 0.25) is 5.02 Å². The molecular formula is C24H20ClFN2O3. The van der Waals surface area contributed by atoms with Gasteiger partial charge in [-0.15, -0.1) is 0 Å². The number of imidazole rings is 1. The van der Waals surface area contributed by atoms with Crippen molar-refractivity contribution in [3.8, 4) is 17.9 Å². The van der Waals surface area contributed by atoms with Crippen LogP contribution in [0.1, 0.15) is 18.9 Å². The Balaban J connectivity index is 1.73. The molecule has 2 N–H and O–H groups in total. The molecule has 0 saturated heterocycles. The number of carboxylic acid groups (broad SMARTS) is 1. The first-order chi connectivity index (χ1) is 14.8. The van der Waals surface area contributed by atoms with Crippen molar-refractivity contribution in [2.24, 2.45) is 11.8 Å². The molecule has 31 heavy (non-hydrogen) atoms. The second-order valence-electron chi connectivity index (χ2n) is 6.88. The number of aromatic nitrogens is 2. The smallest absolute Gasteiger partial charge is 0.311 e. The summed E-state index contributed by atoms with van der Waals surface area (Å²) >= 11 is 6.31. The second-order valence-corrected chi connectivity index (χ2v) is 7.29. The molecular weight excluding hydrogens is 419 g/mol. The summed E-state index contributed by atoms with van der Waals surface area (Å²) in [6.45, 7) is 4.97. The van der Waals surface area contributed by atoms with Crippen molar-refractivity contribution < 1.29 is 19.0 Å². The molecule has 2 unspecified atom stereocenters. The van der Waals surface area contributed by atoms with E-state index in [1.807, 2.05) is 6.92 Å². The summed E-state index contributed by atoms with van der Waals surface area (Å²) in [6.07, 6.45) is 11.8. The van der Waals surface area contributed by atoms with Gasteiger partial charge in [-0.25, -0.2) is 4.39 Å². The van der Waals surface area contributed by atoms with Gasteiger partial charge in [-0.1, -0.05) is 61.2 Å². The highest BCUT2D eigenvalue weighted by molar-refractivity contribution is 6.32. The highest BCUT2D eigenvalue weighted by Crippen LogP contribution is 2.27. The third-order valence-electron chi connectivity index (χ3n) is 4.49. The van der Waals surface area contributed by atoms with Gasteiger partial charge in [0.25, 0.3) is 6.01 Å². The molecule has 158 valence electrons. The molecule has 0 spiro atoms. The minimum absolute atomic E-state index is 0.116. The Kier molecular flexibility index (Phi) is 7.11. The highest BCUT2D eigenvalue weighted by atomic mass is 35.5. The van der Waals surface area contributed by atoms with E-state index in [-0.39, 0.29) is 11.9 Å². The van der Waals surface area contributed by atoms with Crippen LogP contribution in [0.15, 0.2) is 72.8 Å². The van der Waals surface area contributed by atoms with E-state index in [4.69, 9.17) is 16.3 Å². The first-order valence-electron chi connectivity index (χ1n) is 9.50. The Morgan fingerprint density at radius 1 is 1.45 bits per heavy atom. The average molecular weight is 439 g/mol. The Hall–Kier alpha value is -3.56. The molecule has 1 aromatic carbocycles. The van der Waals surface area contributed by atoms with Gasteiger partial charge in [0, 0.05) is 12.0 Å². The van der Waals surface area contributed by atoms with Gasteiger partial charge in [-0.2, -0.15) is 4.98 Å². The van der Waals surface area contributed by atoms with Crippen molar-refractivity contribution in [2.45, 2.75) is 13.3 Å². The number of nitrogens with zero attached hydrogens (tertiary/aromatic N) is 1. The van der Waals surface area contributed by atoms with Crippen molar-refractivity contribution in [1.29, 1.82) is 0 Å². The number of H-pyrrole nitrogens is 1. The maximum atomic E-state index is 12.5. The molecule has 0 bridgehead atoms. The predicted molar refractivity (Wildman–Crippen MR) is 119 cm³/mol. The van der Waals surface area contributed by atoms with Crippen LogP contribution < -0.4 is 4.74 Å². The number of aromatic amines is 1. The van der Waals surface area contributed by atoms with Gasteiger partial charge in [0.1, 0.15) is 11.6 Å². The molecule has 1 heterocycles. The minimum Gasteiger partial charge on any atom is -0.481 e. The van der Waals surface area contributed by atoms with Crippen LogP contribution in [0, 0.1) is 23.7 Å². The van der Waals surface area contributed by atoms with E-state index in [1.165, 1.54) is 6.08 Å². The van der Waals surface area contributed by atoms with Crippen molar-refractivity contribution in [1.82, 2.24) is 9.97 Å². The lowest BCUT2D eigenvalue weighted by atomic mass is 9.89. The summed E-state index contributed by atoms with van der Waals surface area (Å²) in [6, 6.07) is 3.69. The molecule has 0 amide bonds. The molecule has 3 rings (SSSR count). The summed E-state index contributed by atoms with van der Waals surface area (Å²) in [5.74, 6) is 4.20. The molecule has 0 radical (unpaired) electrons. The maximum Gasteiger partial charge on any atom is 0.311 e. The minimum atomic E-state index is -0.906. The van der Waals surface area contributed by atoms with Gasteiger partial charge in [0.15, 0.2) is 0 Å². The van der Waals surface area contributed by atoms with E-state index in [9.17, 15) is 14.3 Å². The van der Waals surface area contributed by atoms with Crippen LogP contribution in [-0.4, -0.2) is 21.0 Å². The lowest BCUT2D eigenvalue weighted by Crippen LogP contribution is -2.21. The van der Waals surface area contributed by atoms with Crippen LogP contribution >= 0.6 is 11.6 Å². The number of carbonyl (C=O) groups is 1. The van der Waals surface area contributed by atoms with Crippen molar-refractivity contribution >= 4 is 28.6 Å². The Bertz CT molecular complexity index is 1190. The van der Waals surface area contributed by atoms with Crippen LogP contribution in [0.25, 0.3) is 11.0 Å². The van der Waals surface area contributed by atoms with Crippen LogP contribution in [0.5, 0.6) is 6.01 Å². The van der Waals surface area contributed by atoms with E-state index in [2.05, 4.69) is 28.4 Å². The number of nitrogens with one attached hydrogen (secondary N) is 1. The molecule has 1 aromatic heterocycles. The van der Waals surface area contributed by atoms with Crippen molar-refractivity contribution in [3.63, 3.8) is 0 Å². The topological polar surface area (TPSA) is 75.2 Å². The van der Waals surface area contributed by atoms with E-state index >= 15 is 0 Å². The zero-order chi connectivity index (χ0) is 22.4. The van der Waals surface area contributed by atoms with Gasteiger partial charge in [0.2, 0.25) is 0 Å². The molecule has 0 saturated carbocycles. The summed E-state index contributed by atoms with van der Waals surface area (Å²) in [5, 5.41) is 9.76. The standard InChI is InChI=1S/C24H20ClFN2O3/c1-15-10-11-18(13-19(15)23(29)30)31-24-27-21-12-17(20(25)14-22(21)28-24)9-7-5-3-4-6-8-16(2)26/h3-4,6,8,10-15,19H,2,5H2,1H3,(H,27,28)(H,29,30). The highest BCUT2D eigenvalue weighted by Gasteiger charge is 2.24. The molecule has 0 fully saturated rings. The lowest BCUT2D eigenvalue weighted by Gasteiger charge is -2.18. The fourth-order valence-electron chi connectivity index (χ4n) is 2.89. The van der Waals surface area contributed by atoms with E-state index < -0.39 is 17.7 Å². The van der Waals surface area contributed by atoms with Crippen LogP contribution in [0.3, 0.4) is 0 Å². The SMILES string of the molecule is C=C(F)C=CC=CCC#Cc1cc2[nH]c(OC3=CC(C(=O)O)C(C)C=C3)nc2cc1Cl. The maximum absolute atomic E-state index is 12.5. The summed E-state index contributed by atoms with van der Waals surface area (Å²) in [5.41, 5.74) is 1.92. The Morgan fingerprint density at radius 2 is 2.26 bits per heavy atom. The lowest BCUT2D eigenvalue weighted by molar-refractivity contribution is -0.141. The fraction of sp³-hybridized carbons (Fsp3) is 0.167. The van der Waals surface area contributed by atoms with Gasteiger partial charge in [-0.05, 0) is 36.3 Å². The molecule has 2 atom stereocenters. The Morgan fingerprint density at radius 3 is 3.00 bits per heavy atom. The molecule has 0 aliphatic heterocycles. The fourth-order valence-corrected chi connectivity index (χ4v) is 3.10. The average Bonchev–Trinajstić information content (AvgIpc) is 3.09. The first kappa shape index (κ1) is 22.1. The first-order valence-corrected chi connectivity index (χ1v) is 9.87. The normalized spacial score (nSPS) is 18.2. The van der Waals surface area contributed by atoms with E-state index in [1.54, 1.807) is 48.6 Å². The number of benzene rings is 1. The van der Waals surface area contributed by atoms with Gasteiger partial charge >= 0.3 is 5.97 Å². The summed E-state index contributed by atoms with van der Waals surface area (Å²) in [4.78, 5) is 18.8. The summed E-state index contributed by atoms with van der Waals surface area (Å²) < 4.78 is 18.2. The number of rotatable bonds is 6. The number of fused-ring (bicyclic) bond motifs is 1. The Labute approximate surface area is 184 Å². The van der Waals surface area contributed by atoms with E-state index in [0.29, 0.717) is 33.8 Å². The molecule has 5 nitrogen and oxygen atoms in total. The zero-order valence-electron chi connectivity index (χ0n) is 16.7. The molecule has 7 heteroatoms. The van der Waals surface area contributed by atoms with E-state index in [0.717, 1.165) is 0 Å². The number of halogens is 2. The number of hydrogen-bond donors (Lipinski definition) is 2. The van der Waals surface area contributed by atoms with Crippen LogP contribution in [0.4, 0.5) is 4.39 Å². The number of aliphatic carboxylic acids is 1. The molecule has 1 aliphatic carbocycles. The third kappa shape index (κ3) is 5.97. The zero-order valence-corrected chi connectivity index (χ0v) is 17.5. The number of hydrogen-bond acceptors (Lipinski definition) is 3. The molecule has 2 aromatic rings. The number of ether oxygens (including phenoxy) is 1. The van der Waals surface area contributed by atoms with Crippen LogP contribution in [-0.2, 0) is 4.79 Å². The third-order valence-corrected chi connectivity index (χ3v) is 4.80. The predicted octanol–water partition coefficient (Wildman–Crippen LogP) is 5.72. The second kappa shape index (κ2) is 9.96. The number of allylic oxidation sites excluding steroid dienone is 7. The van der Waals surface area contributed by atoms with Gasteiger partial charge in [-0.3, -0.25) is 4.79 Å². The quantitative estimate of drug-likeness (QED) is 0.446. The largest absolute Gasteiger partial charge is 0.481 e. The van der Waals surface area contributed by atoms with Gasteiger partial charge < -0.3 is 14.8 Å².